The average Bonchev–Trinajstić information content (AvgIpc) is 3.10. The van der Waals surface area contributed by atoms with E-state index in [1.54, 1.807) is 0 Å². The third-order valence-corrected chi connectivity index (χ3v) is 5.19. The Hall–Kier alpha value is -2.17. The van der Waals surface area contributed by atoms with Gasteiger partial charge < -0.3 is 25.4 Å². The summed E-state index contributed by atoms with van der Waals surface area (Å²) >= 11 is 0. The zero-order valence-electron chi connectivity index (χ0n) is 14.5. The molecule has 2 aliphatic rings. The lowest BCUT2D eigenvalue weighted by Crippen LogP contribution is -2.29. The molecule has 3 heterocycles. The molecule has 1 aliphatic carbocycles. The van der Waals surface area contributed by atoms with Crippen molar-refractivity contribution >= 4 is 16.9 Å². The molecule has 0 amide bonds. The monoisotopic (exact) mass is 365 g/mol. The lowest BCUT2D eigenvalue weighted by atomic mass is 9.89. The highest BCUT2D eigenvalue weighted by Crippen LogP contribution is 2.29. The van der Waals surface area contributed by atoms with Gasteiger partial charge in [-0.2, -0.15) is 9.97 Å². The van der Waals surface area contributed by atoms with Crippen LogP contribution in [0.4, 0.5) is 5.82 Å². The molecule has 5 N–H and O–H groups in total. The zero-order valence-corrected chi connectivity index (χ0v) is 14.5. The van der Waals surface area contributed by atoms with E-state index in [1.807, 2.05) is 0 Å². The Morgan fingerprint density at radius 1 is 1.27 bits per heavy atom. The first-order valence-corrected chi connectivity index (χ1v) is 8.86. The molecule has 1 aliphatic heterocycles. The molecule has 4 rings (SSSR count). The van der Waals surface area contributed by atoms with Crippen molar-refractivity contribution in [2.75, 3.05) is 12.3 Å². The highest BCUT2D eigenvalue weighted by molar-refractivity contribution is 5.85. The van der Waals surface area contributed by atoms with Crippen molar-refractivity contribution in [3.05, 3.63) is 10.4 Å². The van der Waals surface area contributed by atoms with E-state index >= 15 is 0 Å². The van der Waals surface area contributed by atoms with E-state index in [-0.39, 0.29) is 35.6 Å². The van der Waals surface area contributed by atoms with Crippen LogP contribution >= 0.6 is 0 Å². The predicted molar refractivity (Wildman–Crippen MR) is 91.6 cm³/mol. The van der Waals surface area contributed by atoms with Crippen molar-refractivity contribution in [3.8, 4) is 6.01 Å². The average molecular weight is 365 g/mol. The number of aromatic amines is 1. The molecule has 142 valence electrons. The summed E-state index contributed by atoms with van der Waals surface area (Å²) in [4.78, 5) is 20.7. The molecular weight excluding hydrogens is 342 g/mol. The van der Waals surface area contributed by atoms with Crippen LogP contribution in [-0.2, 0) is 4.74 Å². The summed E-state index contributed by atoms with van der Waals surface area (Å²) in [6, 6.07) is 0.0929. The number of nitrogens with zero attached hydrogens (tertiary/aromatic N) is 3. The van der Waals surface area contributed by atoms with Crippen LogP contribution in [0.1, 0.15) is 38.8 Å². The minimum Gasteiger partial charge on any atom is -0.460 e. The van der Waals surface area contributed by atoms with Gasteiger partial charge in [0.15, 0.2) is 11.9 Å². The molecule has 3 atom stereocenters. The van der Waals surface area contributed by atoms with Gasteiger partial charge in [-0.3, -0.25) is 9.89 Å². The third-order valence-electron chi connectivity index (χ3n) is 5.19. The Bertz CT molecular complexity index is 857. The highest BCUT2D eigenvalue weighted by atomic mass is 16.5. The molecule has 0 aromatic carbocycles. The van der Waals surface area contributed by atoms with E-state index in [2.05, 4.69) is 22.0 Å². The molecule has 1 saturated heterocycles. The summed E-state index contributed by atoms with van der Waals surface area (Å²) in [6.45, 7) is 2.17. The van der Waals surface area contributed by atoms with E-state index in [9.17, 15) is 15.0 Å². The quantitative estimate of drug-likeness (QED) is 0.590. The SMILES string of the molecule is CC1CCC(Oc2nc(N)c3c(=O)[nH]n([C@@H]4OC[C@@H](O)[C@H]4O)c3n2)CC1. The topological polar surface area (TPSA) is 149 Å². The normalized spacial score (nSPS) is 32.2. The summed E-state index contributed by atoms with van der Waals surface area (Å²) in [6.07, 6.45) is 0.805. The van der Waals surface area contributed by atoms with E-state index in [1.165, 1.54) is 4.68 Å². The Morgan fingerprint density at radius 2 is 2.00 bits per heavy atom. The van der Waals surface area contributed by atoms with Gasteiger partial charge in [0.1, 0.15) is 29.5 Å². The number of hydrogen-bond donors (Lipinski definition) is 4. The fraction of sp³-hybridized carbons (Fsp3) is 0.688. The van der Waals surface area contributed by atoms with Crippen LogP contribution in [0.2, 0.25) is 0 Å². The number of nitrogens with two attached hydrogens (primary N) is 1. The van der Waals surface area contributed by atoms with E-state index in [0.29, 0.717) is 5.92 Å². The van der Waals surface area contributed by atoms with Crippen molar-refractivity contribution in [1.29, 1.82) is 0 Å². The molecule has 1 saturated carbocycles. The van der Waals surface area contributed by atoms with Crippen LogP contribution in [0.3, 0.4) is 0 Å². The van der Waals surface area contributed by atoms with Gasteiger partial charge in [-0.1, -0.05) is 6.92 Å². The molecule has 2 fully saturated rings. The van der Waals surface area contributed by atoms with Crippen LogP contribution in [0.15, 0.2) is 4.79 Å². The Morgan fingerprint density at radius 3 is 2.65 bits per heavy atom. The number of aromatic nitrogens is 4. The van der Waals surface area contributed by atoms with Gasteiger partial charge in [0, 0.05) is 0 Å². The first-order valence-electron chi connectivity index (χ1n) is 8.86. The van der Waals surface area contributed by atoms with Gasteiger partial charge in [0.25, 0.3) is 5.56 Å². The maximum Gasteiger partial charge on any atom is 0.320 e. The molecule has 10 heteroatoms. The van der Waals surface area contributed by atoms with Crippen molar-refractivity contribution in [2.24, 2.45) is 5.92 Å². The number of nitrogens with one attached hydrogen (secondary N) is 1. The number of hydrogen-bond acceptors (Lipinski definition) is 8. The molecule has 0 bridgehead atoms. The molecular formula is C16H23N5O5. The number of H-pyrrole nitrogens is 1. The van der Waals surface area contributed by atoms with Crippen molar-refractivity contribution in [2.45, 2.75) is 57.1 Å². The fourth-order valence-electron chi connectivity index (χ4n) is 3.60. The third kappa shape index (κ3) is 2.93. The number of aliphatic hydroxyl groups excluding tert-OH is 2. The van der Waals surface area contributed by atoms with Gasteiger partial charge in [-0.05, 0) is 31.6 Å². The number of rotatable bonds is 3. The van der Waals surface area contributed by atoms with Crippen LogP contribution in [-0.4, -0.2) is 54.9 Å². The van der Waals surface area contributed by atoms with Gasteiger partial charge in [0.2, 0.25) is 0 Å². The minimum atomic E-state index is -1.19. The first-order chi connectivity index (χ1) is 12.4. The summed E-state index contributed by atoms with van der Waals surface area (Å²) < 4.78 is 12.5. The molecule has 2 aromatic rings. The van der Waals surface area contributed by atoms with E-state index in [0.717, 1.165) is 25.7 Å². The van der Waals surface area contributed by atoms with Gasteiger partial charge in [-0.15, -0.1) is 0 Å². The second-order valence-electron chi connectivity index (χ2n) is 7.18. The van der Waals surface area contributed by atoms with Gasteiger partial charge in [0.05, 0.1) is 6.61 Å². The molecule has 0 spiro atoms. The summed E-state index contributed by atoms with van der Waals surface area (Å²) in [5.74, 6) is 0.688. The smallest absolute Gasteiger partial charge is 0.320 e. The summed E-state index contributed by atoms with van der Waals surface area (Å²) in [7, 11) is 0. The lowest BCUT2D eigenvalue weighted by molar-refractivity contribution is -0.0235. The standard InChI is InChI=1S/C16H23N5O5/c1-7-2-4-8(5-3-7)26-16-18-12(17)10-13(19-16)21(20-14(10)24)15-11(23)9(22)6-25-15/h7-9,11,15,22-23H,2-6H2,1H3,(H,20,24)(H2,17,18,19)/t7?,8?,9-,11-,15-/m1/s1. The van der Waals surface area contributed by atoms with Gasteiger partial charge >= 0.3 is 6.01 Å². The fourth-order valence-corrected chi connectivity index (χ4v) is 3.60. The molecule has 0 unspecified atom stereocenters. The molecule has 10 nitrogen and oxygen atoms in total. The Labute approximate surface area is 148 Å². The number of anilines is 1. The van der Waals surface area contributed by atoms with Crippen molar-refractivity contribution in [3.63, 3.8) is 0 Å². The minimum absolute atomic E-state index is 0.00205. The number of fused-ring (bicyclic) bond motifs is 1. The maximum absolute atomic E-state index is 12.2. The van der Waals surface area contributed by atoms with E-state index < -0.39 is 24.0 Å². The molecule has 0 radical (unpaired) electrons. The Kier molecular flexibility index (Phi) is 4.33. The van der Waals surface area contributed by atoms with Crippen molar-refractivity contribution < 1.29 is 19.7 Å². The molecule has 26 heavy (non-hydrogen) atoms. The zero-order chi connectivity index (χ0) is 18.4. The maximum atomic E-state index is 12.2. The van der Waals surface area contributed by atoms with Crippen LogP contribution in [0.25, 0.3) is 11.0 Å². The predicted octanol–water partition coefficient (Wildman–Crippen LogP) is -0.0901. The van der Waals surface area contributed by atoms with E-state index in [4.69, 9.17) is 15.2 Å². The second-order valence-corrected chi connectivity index (χ2v) is 7.18. The second kappa shape index (κ2) is 6.53. The van der Waals surface area contributed by atoms with Gasteiger partial charge in [-0.25, -0.2) is 4.68 Å². The van der Waals surface area contributed by atoms with Crippen molar-refractivity contribution in [1.82, 2.24) is 19.7 Å². The molecule has 2 aromatic heterocycles. The van der Waals surface area contributed by atoms with Crippen LogP contribution < -0.4 is 16.0 Å². The van der Waals surface area contributed by atoms with Crippen LogP contribution in [0.5, 0.6) is 6.01 Å². The summed E-state index contributed by atoms with van der Waals surface area (Å²) in [5, 5.41) is 22.4. The largest absolute Gasteiger partial charge is 0.460 e. The Balaban J connectivity index is 1.69. The first kappa shape index (κ1) is 17.3. The number of ether oxygens (including phenoxy) is 2. The number of aliphatic hydroxyl groups is 2. The lowest BCUT2D eigenvalue weighted by Gasteiger charge is -2.26. The highest BCUT2D eigenvalue weighted by Gasteiger charge is 2.38. The van der Waals surface area contributed by atoms with Crippen LogP contribution in [0, 0.1) is 5.92 Å². The number of nitrogen functional groups attached to an aromatic ring is 1. The summed E-state index contributed by atoms with van der Waals surface area (Å²) in [5.41, 5.74) is 5.63.